The van der Waals surface area contributed by atoms with Crippen LogP contribution >= 0.6 is 0 Å². The van der Waals surface area contributed by atoms with Gasteiger partial charge in [-0.25, -0.2) is 0 Å². The zero-order valence-corrected chi connectivity index (χ0v) is 12.7. The van der Waals surface area contributed by atoms with Crippen LogP contribution in [0.1, 0.15) is 25.7 Å². The minimum atomic E-state index is -3.53. The standard InChI is InChI=1S/C12H23N3O4S/c1-13(7-5-12(16)17)20(18,19)15-9-8-14-6-3-2-4-11(14)10-15/h11H,2-10H2,1H3,(H,16,17). The van der Waals surface area contributed by atoms with Gasteiger partial charge >= 0.3 is 5.97 Å². The third-order valence-corrected chi connectivity index (χ3v) is 6.12. The Balaban J connectivity index is 1.97. The molecule has 0 amide bonds. The molecule has 2 aliphatic rings. The maximum absolute atomic E-state index is 12.4. The van der Waals surface area contributed by atoms with Gasteiger partial charge in [0.2, 0.25) is 0 Å². The first-order chi connectivity index (χ1) is 9.41. The maximum atomic E-state index is 12.4. The van der Waals surface area contributed by atoms with Crippen molar-refractivity contribution in [3.05, 3.63) is 0 Å². The average molecular weight is 305 g/mol. The monoisotopic (exact) mass is 305 g/mol. The molecule has 2 heterocycles. The largest absolute Gasteiger partial charge is 0.481 e. The lowest BCUT2D eigenvalue weighted by molar-refractivity contribution is -0.137. The molecule has 2 saturated heterocycles. The molecule has 2 aliphatic heterocycles. The van der Waals surface area contributed by atoms with Crippen molar-refractivity contribution in [3.63, 3.8) is 0 Å². The van der Waals surface area contributed by atoms with Gasteiger partial charge in [-0.05, 0) is 19.4 Å². The van der Waals surface area contributed by atoms with E-state index in [9.17, 15) is 13.2 Å². The van der Waals surface area contributed by atoms with Gasteiger partial charge in [-0.1, -0.05) is 6.42 Å². The number of nitrogens with zero attached hydrogens (tertiary/aromatic N) is 3. The lowest BCUT2D eigenvalue weighted by atomic mass is 10.0. The second kappa shape index (κ2) is 6.38. The normalized spacial score (nSPS) is 25.6. The van der Waals surface area contributed by atoms with Crippen LogP contribution in [0.25, 0.3) is 0 Å². The summed E-state index contributed by atoms with van der Waals surface area (Å²) in [5, 5.41) is 8.65. The van der Waals surface area contributed by atoms with Crippen LogP contribution in [0.15, 0.2) is 0 Å². The van der Waals surface area contributed by atoms with Crippen molar-refractivity contribution in [1.82, 2.24) is 13.5 Å². The highest BCUT2D eigenvalue weighted by Gasteiger charge is 2.36. The van der Waals surface area contributed by atoms with Crippen LogP contribution in [0.5, 0.6) is 0 Å². The van der Waals surface area contributed by atoms with Crippen molar-refractivity contribution in [2.24, 2.45) is 0 Å². The molecule has 1 atom stereocenters. The molecule has 7 nitrogen and oxygen atoms in total. The van der Waals surface area contributed by atoms with Gasteiger partial charge in [-0.3, -0.25) is 9.69 Å². The summed E-state index contributed by atoms with van der Waals surface area (Å²) in [6, 6.07) is 0.320. The van der Waals surface area contributed by atoms with E-state index in [4.69, 9.17) is 5.11 Å². The SMILES string of the molecule is CN(CCC(=O)O)S(=O)(=O)N1CCN2CCCCC2C1. The Morgan fingerprint density at radius 1 is 1.30 bits per heavy atom. The van der Waals surface area contributed by atoms with Crippen LogP contribution in [0.3, 0.4) is 0 Å². The Morgan fingerprint density at radius 3 is 2.75 bits per heavy atom. The summed E-state index contributed by atoms with van der Waals surface area (Å²) in [5.74, 6) is -0.982. The first kappa shape index (κ1) is 15.7. The third kappa shape index (κ3) is 3.49. The van der Waals surface area contributed by atoms with Gasteiger partial charge in [0.25, 0.3) is 10.2 Å². The number of aliphatic carboxylic acids is 1. The maximum Gasteiger partial charge on any atom is 0.304 e. The minimum Gasteiger partial charge on any atom is -0.481 e. The molecule has 0 spiro atoms. The molecule has 0 saturated carbocycles. The minimum absolute atomic E-state index is 0.0164. The van der Waals surface area contributed by atoms with E-state index >= 15 is 0 Å². The van der Waals surface area contributed by atoms with Gasteiger partial charge in [0.1, 0.15) is 0 Å². The molecule has 0 aromatic heterocycles. The van der Waals surface area contributed by atoms with Crippen LogP contribution in [0.2, 0.25) is 0 Å². The molecule has 8 heteroatoms. The molecule has 116 valence electrons. The summed E-state index contributed by atoms with van der Waals surface area (Å²) in [6.45, 7) is 2.88. The van der Waals surface area contributed by atoms with E-state index in [0.717, 1.165) is 30.2 Å². The van der Waals surface area contributed by atoms with Crippen molar-refractivity contribution in [2.75, 3.05) is 39.8 Å². The van der Waals surface area contributed by atoms with Crippen LogP contribution in [0, 0.1) is 0 Å². The molecule has 0 aromatic carbocycles. The number of rotatable bonds is 5. The van der Waals surface area contributed by atoms with Crippen molar-refractivity contribution in [1.29, 1.82) is 0 Å². The number of carboxylic acids is 1. The summed E-state index contributed by atoms with van der Waals surface area (Å²) >= 11 is 0. The van der Waals surface area contributed by atoms with Crippen molar-refractivity contribution >= 4 is 16.2 Å². The van der Waals surface area contributed by atoms with Crippen LogP contribution in [0.4, 0.5) is 0 Å². The number of hydrogen-bond donors (Lipinski definition) is 1. The molecular weight excluding hydrogens is 282 g/mol. The molecule has 0 aliphatic carbocycles. The zero-order chi connectivity index (χ0) is 14.8. The van der Waals surface area contributed by atoms with E-state index in [1.807, 2.05) is 0 Å². The predicted octanol–water partition coefficient (Wildman–Crippen LogP) is -0.192. The highest BCUT2D eigenvalue weighted by molar-refractivity contribution is 7.86. The van der Waals surface area contributed by atoms with Gasteiger partial charge in [-0.15, -0.1) is 0 Å². The summed E-state index contributed by atoms with van der Waals surface area (Å²) < 4.78 is 27.5. The number of carboxylic acid groups (broad SMARTS) is 1. The Morgan fingerprint density at radius 2 is 2.05 bits per heavy atom. The molecule has 20 heavy (non-hydrogen) atoms. The summed E-state index contributed by atoms with van der Waals surface area (Å²) in [7, 11) is -2.08. The third-order valence-electron chi connectivity index (χ3n) is 4.16. The van der Waals surface area contributed by atoms with Crippen molar-refractivity contribution < 1.29 is 18.3 Å². The van der Waals surface area contributed by atoms with Gasteiger partial charge in [0.05, 0.1) is 6.42 Å². The molecule has 0 aromatic rings. The highest BCUT2D eigenvalue weighted by atomic mass is 32.2. The lowest BCUT2D eigenvalue weighted by Gasteiger charge is -2.44. The van der Waals surface area contributed by atoms with Gasteiger partial charge in [0.15, 0.2) is 0 Å². The number of carbonyl (C=O) groups is 1. The number of piperazine rings is 1. The Kier molecular flexibility index (Phi) is 5.00. The van der Waals surface area contributed by atoms with Gasteiger partial charge < -0.3 is 5.11 Å². The lowest BCUT2D eigenvalue weighted by Crippen LogP contribution is -2.58. The molecule has 2 rings (SSSR count). The van der Waals surface area contributed by atoms with E-state index in [0.29, 0.717) is 19.1 Å². The highest BCUT2D eigenvalue weighted by Crippen LogP contribution is 2.23. The number of hydrogen-bond acceptors (Lipinski definition) is 4. The molecule has 0 bridgehead atoms. The fourth-order valence-corrected chi connectivity index (χ4v) is 4.29. The summed E-state index contributed by atoms with van der Waals surface area (Å²) in [4.78, 5) is 12.9. The number of fused-ring (bicyclic) bond motifs is 1. The first-order valence-electron chi connectivity index (χ1n) is 7.08. The van der Waals surface area contributed by atoms with Crippen LogP contribution in [-0.4, -0.2) is 78.8 Å². The molecule has 0 radical (unpaired) electrons. The quantitative estimate of drug-likeness (QED) is 0.761. The van der Waals surface area contributed by atoms with E-state index in [1.165, 1.54) is 17.8 Å². The van der Waals surface area contributed by atoms with E-state index in [1.54, 1.807) is 0 Å². The topological polar surface area (TPSA) is 81.2 Å². The summed E-state index contributed by atoms with van der Waals surface area (Å²) in [6.07, 6.45) is 3.23. The molecule has 1 N–H and O–H groups in total. The summed E-state index contributed by atoms with van der Waals surface area (Å²) in [5.41, 5.74) is 0. The predicted molar refractivity (Wildman–Crippen MR) is 74.6 cm³/mol. The zero-order valence-electron chi connectivity index (χ0n) is 11.9. The van der Waals surface area contributed by atoms with E-state index in [-0.39, 0.29) is 13.0 Å². The average Bonchev–Trinajstić information content (AvgIpc) is 2.44. The second-order valence-corrected chi connectivity index (χ2v) is 7.55. The van der Waals surface area contributed by atoms with E-state index < -0.39 is 16.2 Å². The van der Waals surface area contributed by atoms with Crippen molar-refractivity contribution in [3.8, 4) is 0 Å². The molecule has 1 unspecified atom stereocenters. The smallest absolute Gasteiger partial charge is 0.304 e. The molecule has 2 fully saturated rings. The van der Waals surface area contributed by atoms with Crippen LogP contribution < -0.4 is 0 Å². The Bertz CT molecular complexity index is 454. The number of piperidine rings is 1. The fourth-order valence-electron chi connectivity index (χ4n) is 2.90. The fraction of sp³-hybridized carbons (Fsp3) is 0.917. The Labute approximate surface area is 120 Å². The second-order valence-electron chi connectivity index (χ2n) is 5.52. The van der Waals surface area contributed by atoms with Gasteiger partial charge in [0, 0.05) is 39.3 Å². The van der Waals surface area contributed by atoms with Gasteiger partial charge in [-0.2, -0.15) is 17.0 Å². The Hall–Kier alpha value is -0.700. The van der Waals surface area contributed by atoms with Crippen LogP contribution in [-0.2, 0) is 15.0 Å². The van der Waals surface area contributed by atoms with E-state index in [2.05, 4.69) is 4.90 Å². The van der Waals surface area contributed by atoms with Crippen molar-refractivity contribution in [2.45, 2.75) is 31.7 Å². The molecular formula is C12H23N3O4S. The first-order valence-corrected chi connectivity index (χ1v) is 8.48.